The number of rotatable bonds is 6. The first-order chi connectivity index (χ1) is 9.54. The van der Waals surface area contributed by atoms with E-state index in [1.807, 2.05) is 26.0 Å². The van der Waals surface area contributed by atoms with Gasteiger partial charge < -0.3 is 15.0 Å². The van der Waals surface area contributed by atoms with Crippen LogP contribution in [0, 0.1) is 6.92 Å². The average molecular weight is 275 g/mol. The minimum atomic E-state index is -0.354. The van der Waals surface area contributed by atoms with Crippen LogP contribution < -0.4 is 5.73 Å². The number of nitrogens with two attached hydrogens (primary N) is 1. The summed E-state index contributed by atoms with van der Waals surface area (Å²) in [6.07, 6.45) is 0.756. The molecule has 0 aliphatic heterocycles. The molecule has 0 aliphatic carbocycles. The van der Waals surface area contributed by atoms with Gasteiger partial charge in [-0.3, -0.25) is 0 Å². The fourth-order valence-electron chi connectivity index (χ4n) is 1.86. The highest BCUT2D eigenvalue weighted by atomic mass is 16.5. The molecular weight excluding hydrogens is 254 g/mol. The topological polar surface area (TPSA) is 74.2 Å². The van der Waals surface area contributed by atoms with E-state index in [1.54, 1.807) is 0 Å². The van der Waals surface area contributed by atoms with E-state index in [4.69, 9.17) is 15.0 Å². The Morgan fingerprint density at radius 2 is 2.15 bits per heavy atom. The van der Waals surface area contributed by atoms with Gasteiger partial charge in [0.15, 0.2) is 5.82 Å². The Bertz CT molecular complexity index is 552. The van der Waals surface area contributed by atoms with Crippen LogP contribution in [-0.2, 0) is 11.2 Å². The van der Waals surface area contributed by atoms with Crippen LogP contribution in [0.3, 0.4) is 0 Å². The highest BCUT2D eigenvalue weighted by Crippen LogP contribution is 2.12. The molecule has 0 saturated carbocycles. The van der Waals surface area contributed by atoms with E-state index in [1.165, 1.54) is 5.56 Å². The first kappa shape index (κ1) is 14.7. The van der Waals surface area contributed by atoms with Crippen LogP contribution in [0.5, 0.6) is 0 Å². The molecule has 0 aliphatic rings. The van der Waals surface area contributed by atoms with Gasteiger partial charge in [-0.1, -0.05) is 35.0 Å². The first-order valence-corrected chi connectivity index (χ1v) is 6.80. The zero-order valence-electron chi connectivity index (χ0n) is 12.2. The Labute approximate surface area is 119 Å². The lowest BCUT2D eigenvalue weighted by atomic mass is 10.1. The van der Waals surface area contributed by atoms with Crippen molar-refractivity contribution < 1.29 is 9.26 Å². The Balaban J connectivity index is 1.98. The molecule has 20 heavy (non-hydrogen) atoms. The third-order valence-electron chi connectivity index (χ3n) is 2.86. The summed E-state index contributed by atoms with van der Waals surface area (Å²) in [5.74, 6) is 1.07. The van der Waals surface area contributed by atoms with E-state index in [-0.39, 0.29) is 12.1 Å². The Morgan fingerprint density at radius 1 is 1.35 bits per heavy atom. The van der Waals surface area contributed by atoms with E-state index < -0.39 is 0 Å². The predicted octanol–water partition coefficient (Wildman–Crippen LogP) is 2.39. The molecule has 0 amide bonds. The fourth-order valence-corrected chi connectivity index (χ4v) is 1.86. The summed E-state index contributed by atoms with van der Waals surface area (Å²) in [6, 6.07) is 7.86. The van der Waals surface area contributed by atoms with Gasteiger partial charge in [-0.25, -0.2) is 0 Å². The molecule has 108 valence electrons. The van der Waals surface area contributed by atoms with Crippen LogP contribution in [0.1, 0.15) is 42.7 Å². The molecule has 0 bridgehead atoms. The van der Waals surface area contributed by atoms with E-state index in [0.29, 0.717) is 24.7 Å². The van der Waals surface area contributed by atoms with E-state index in [0.717, 1.165) is 5.56 Å². The van der Waals surface area contributed by atoms with Gasteiger partial charge >= 0.3 is 0 Å². The molecule has 5 heteroatoms. The van der Waals surface area contributed by atoms with Crippen molar-refractivity contribution in [3.63, 3.8) is 0 Å². The van der Waals surface area contributed by atoms with Crippen molar-refractivity contribution in [1.82, 2.24) is 10.1 Å². The van der Waals surface area contributed by atoms with Crippen LogP contribution in [0.15, 0.2) is 28.8 Å². The summed E-state index contributed by atoms with van der Waals surface area (Å²) in [7, 11) is 0. The van der Waals surface area contributed by atoms with Crippen molar-refractivity contribution in [2.24, 2.45) is 5.73 Å². The monoisotopic (exact) mass is 275 g/mol. The van der Waals surface area contributed by atoms with Gasteiger partial charge in [0.25, 0.3) is 0 Å². The van der Waals surface area contributed by atoms with E-state index in [2.05, 4.69) is 29.2 Å². The maximum absolute atomic E-state index is 5.96. The maximum Gasteiger partial charge on any atom is 0.231 e. The molecule has 2 rings (SSSR count). The fraction of sp³-hybridized carbons (Fsp3) is 0.467. The summed E-state index contributed by atoms with van der Waals surface area (Å²) >= 11 is 0. The summed E-state index contributed by atoms with van der Waals surface area (Å²) in [4.78, 5) is 4.33. The number of benzene rings is 1. The Hall–Kier alpha value is -1.72. The lowest BCUT2D eigenvalue weighted by Gasteiger charge is -2.10. The van der Waals surface area contributed by atoms with Gasteiger partial charge in [0, 0.05) is 0 Å². The third-order valence-corrected chi connectivity index (χ3v) is 2.86. The number of aryl methyl sites for hydroxylation is 1. The maximum atomic E-state index is 5.96. The van der Waals surface area contributed by atoms with Crippen molar-refractivity contribution in [2.45, 2.75) is 39.3 Å². The molecule has 0 spiro atoms. The molecule has 0 radical (unpaired) electrons. The standard InChI is InChI=1S/C15H21N3O2/c1-10(2)19-9-13(16)15-17-14(20-18-15)8-12-6-4-5-11(3)7-12/h4-7,10,13H,8-9,16H2,1-3H3. The van der Waals surface area contributed by atoms with E-state index >= 15 is 0 Å². The van der Waals surface area contributed by atoms with Crippen LogP contribution in [0.25, 0.3) is 0 Å². The van der Waals surface area contributed by atoms with Crippen molar-refractivity contribution in [3.05, 3.63) is 47.1 Å². The molecule has 1 heterocycles. The second-order valence-corrected chi connectivity index (χ2v) is 5.20. The molecule has 2 N–H and O–H groups in total. The second kappa shape index (κ2) is 6.63. The number of nitrogens with zero attached hydrogens (tertiary/aromatic N) is 2. The summed E-state index contributed by atoms with van der Waals surface area (Å²) < 4.78 is 10.7. The van der Waals surface area contributed by atoms with Gasteiger partial charge in [-0.05, 0) is 26.3 Å². The van der Waals surface area contributed by atoms with Crippen molar-refractivity contribution in [2.75, 3.05) is 6.61 Å². The largest absolute Gasteiger partial charge is 0.377 e. The molecule has 1 aromatic carbocycles. The van der Waals surface area contributed by atoms with Gasteiger partial charge in [-0.15, -0.1) is 0 Å². The number of hydrogen-bond acceptors (Lipinski definition) is 5. The molecule has 5 nitrogen and oxygen atoms in total. The molecule has 1 atom stereocenters. The highest BCUT2D eigenvalue weighted by molar-refractivity contribution is 5.24. The first-order valence-electron chi connectivity index (χ1n) is 6.80. The van der Waals surface area contributed by atoms with Crippen LogP contribution in [-0.4, -0.2) is 22.9 Å². The SMILES string of the molecule is Cc1cccc(Cc2nc(C(N)COC(C)C)no2)c1. The van der Waals surface area contributed by atoms with Gasteiger partial charge in [-0.2, -0.15) is 4.98 Å². The normalized spacial score (nSPS) is 12.8. The number of hydrogen-bond donors (Lipinski definition) is 1. The summed E-state index contributed by atoms with van der Waals surface area (Å²) in [5.41, 5.74) is 8.32. The zero-order chi connectivity index (χ0) is 14.5. The molecule has 2 aromatic rings. The number of aromatic nitrogens is 2. The number of ether oxygens (including phenoxy) is 1. The minimum Gasteiger partial charge on any atom is -0.377 e. The van der Waals surface area contributed by atoms with Crippen molar-refractivity contribution in [3.8, 4) is 0 Å². The van der Waals surface area contributed by atoms with Crippen molar-refractivity contribution in [1.29, 1.82) is 0 Å². The van der Waals surface area contributed by atoms with Gasteiger partial charge in [0.1, 0.15) is 0 Å². The van der Waals surface area contributed by atoms with Crippen LogP contribution in [0.4, 0.5) is 0 Å². The van der Waals surface area contributed by atoms with Gasteiger partial charge in [0.2, 0.25) is 5.89 Å². The quantitative estimate of drug-likeness (QED) is 0.876. The van der Waals surface area contributed by atoms with Crippen LogP contribution >= 0.6 is 0 Å². The smallest absolute Gasteiger partial charge is 0.231 e. The summed E-state index contributed by atoms with van der Waals surface area (Å²) in [6.45, 7) is 6.38. The van der Waals surface area contributed by atoms with Crippen molar-refractivity contribution >= 4 is 0 Å². The molecular formula is C15H21N3O2. The molecule has 0 fully saturated rings. The van der Waals surface area contributed by atoms with Crippen LogP contribution in [0.2, 0.25) is 0 Å². The Morgan fingerprint density at radius 3 is 2.85 bits per heavy atom. The molecule has 1 unspecified atom stereocenters. The lowest BCUT2D eigenvalue weighted by Crippen LogP contribution is -2.20. The average Bonchev–Trinajstić information content (AvgIpc) is 2.84. The third kappa shape index (κ3) is 4.15. The van der Waals surface area contributed by atoms with E-state index in [9.17, 15) is 0 Å². The minimum absolute atomic E-state index is 0.139. The second-order valence-electron chi connectivity index (χ2n) is 5.20. The zero-order valence-corrected chi connectivity index (χ0v) is 12.2. The lowest BCUT2D eigenvalue weighted by molar-refractivity contribution is 0.0665. The molecule has 1 aromatic heterocycles. The predicted molar refractivity (Wildman–Crippen MR) is 76.3 cm³/mol. The Kier molecular flexibility index (Phi) is 4.87. The molecule has 0 saturated heterocycles. The van der Waals surface area contributed by atoms with Gasteiger partial charge in [0.05, 0.1) is 25.2 Å². The summed E-state index contributed by atoms with van der Waals surface area (Å²) in [5, 5.41) is 3.92. The highest BCUT2D eigenvalue weighted by Gasteiger charge is 2.15.